The van der Waals surface area contributed by atoms with Gasteiger partial charge in [-0.1, -0.05) is 0 Å². The van der Waals surface area contributed by atoms with Gasteiger partial charge in [0.2, 0.25) is 10.0 Å². The second kappa shape index (κ2) is 3.66. The van der Waals surface area contributed by atoms with E-state index in [-0.39, 0.29) is 12.4 Å². The van der Waals surface area contributed by atoms with E-state index in [0.29, 0.717) is 25.8 Å². The van der Waals surface area contributed by atoms with Crippen LogP contribution in [0.2, 0.25) is 0 Å². The van der Waals surface area contributed by atoms with Crippen LogP contribution in [-0.4, -0.2) is 51.8 Å². The maximum absolute atomic E-state index is 11.7. The Morgan fingerprint density at radius 2 is 2.00 bits per heavy atom. The van der Waals surface area contributed by atoms with Gasteiger partial charge in [-0.2, -0.15) is 12.7 Å². The van der Waals surface area contributed by atoms with Gasteiger partial charge in [0.05, 0.1) is 24.2 Å². The van der Waals surface area contributed by atoms with Crippen LogP contribution in [0.15, 0.2) is 0 Å². The zero-order valence-corrected chi connectivity index (χ0v) is 10.7. The van der Waals surface area contributed by atoms with Crippen LogP contribution in [0.3, 0.4) is 0 Å². The fourth-order valence-corrected chi connectivity index (χ4v) is 4.38. The third kappa shape index (κ3) is 2.39. The van der Waals surface area contributed by atoms with Gasteiger partial charge in [-0.15, -0.1) is 0 Å². The fraction of sp³-hybridized carbons (Fsp3) is 1.00. The molecule has 6 nitrogen and oxygen atoms in total. The quantitative estimate of drug-likeness (QED) is 0.645. The Kier molecular flexibility index (Phi) is 2.81. The van der Waals surface area contributed by atoms with E-state index < -0.39 is 25.7 Å². The van der Waals surface area contributed by atoms with Crippen LogP contribution in [0, 0.1) is 0 Å². The van der Waals surface area contributed by atoms with E-state index in [1.54, 1.807) is 0 Å². The van der Waals surface area contributed by atoms with Crippen molar-refractivity contribution in [3.05, 3.63) is 0 Å². The average molecular weight is 269 g/mol. The zero-order chi connectivity index (χ0) is 12.0. The Morgan fingerprint density at radius 3 is 2.38 bits per heavy atom. The van der Waals surface area contributed by atoms with E-state index in [2.05, 4.69) is 0 Å². The minimum atomic E-state index is -3.51. The number of hydrogen-bond acceptors (Lipinski definition) is 5. The molecule has 1 aliphatic carbocycles. The highest BCUT2D eigenvalue weighted by molar-refractivity contribution is 7.89. The lowest BCUT2D eigenvalue weighted by Crippen LogP contribution is -2.42. The Bertz CT molecular complexity index is 477. The summed E-state index contributed by atoms with van der Waals surface area (Å²) >= 11 is 0. The molecule has 0 radical (unpaired) electrons. The van der Waals surface area contributed by atoms with Gasteiger partial charge in [-0.05, 0) is 19.3 Å². The van der Waals surface area contributed by atoms with Crippen LogP contribution in [0.25, 0.3) is 0 Å². The predicted octanol–water partition coefficient (Wildman–Crippen LogP) is -0.469. The van der Waals surface area contributed by atoms with Crippen molar-refractivity contribution in [3.63, 3.8) is 0 Å². The number of hydrogen-bond donors (Lipinski definition) is 0. The summed E-state index contributed by atoms with van der Waals surface area (Å²) in [5.74, 6) is 0.160. The minimum Gasteiger partial charge on any atom is -0.268 e. The Morgan fingerprint density at radius 1 is 1.38 bits per heavy atom. The predicted molar refractivity (Wildman–Crippen MR) is 57.9 cm³/mol. The highest BCUT2D eigenvalue weighted by Gasteiger charge is 2.54. The summed E-state index contributed by atoms with van der Waals surface area (Å²) in [6.45, 7) is 0.431. The molecule has 0 atom stereocenters. The lowest BCUT2D eigenvalue weighted by Gasteiger charge is -2.25. The summed E-state index contributed by atoms with van der Waals surface area (Å²) in [6.07, 6.45) is 2.95. The van der Waals surface area contributed by atoms with Gasteiger partial charge in [0.15, 0.2) is 0 Å². The van der Waals surface area contributed by atoms with Crippen LogP contribution >= 0.6 is 0 Å². The lowest BCUT2D eigenvalue weighted by molar-refractivity contribution is 0.200. The SMILES string of the molecule is CS(=O)(=O)OCC1(N2CCCS2(=O)=O)CC1. The van der Waals surface area contributed by atoms with Gasteiger partial charge in [-0.3, -0.25) is 4.18 Å². The smallest absolute Gasteiger partial charge is 0.264 e. The summed E-state index contributed by atoms with van der Waals surface area (Å²) < 4.78 is 51.3. The molecule has 2 aliphatic rings. The van der Waals surface area contributed by atoms with Crippen molar-refractivity contribution < 1.29 is 21.0 Å². The second-order valence-corrected chi connectivity index (χ2v) is 8.09. The highest BCUT2D eigenvalue weighted by atomic mass is 32.2. The van der Waals surface area contributed by atoms with Gasteiger partial charge in [0.1, 0.15) is 0 Å². The minimum absolute atomic E-state index is 0.0505. The summed E-state index contributed by atoms with van der Waals surface area (Å²) in [4.78, 5) is 0. The first-order valence-electron chi connectivity index (χ1n) is 5.10. The topological polar surface area (TPSA) is 80.8 Å². The molecule has 0 unspecified atom stereocenters. The van der Waals surface area contributed by atoms with E-state index in [1.807, 2.05) is 0 Å². The van der Waals surface area contributed by atoms with Crippen molar-refractivity contribution in [3.8, 4) is 0 Å². The number of rotatable bonds is 4. The first-order chi connectivity index (χ1) is 7.25. The van der Waals surface area contributed by atoms with Crippen LogP contribution in [-0.2, 0) is 24.3 Å². The number of nitrogens with zero attached hydrogens (tertiary/aromatic N) is 1. The monoisotopic (exact) mass is 269 g/mol. The molecular weight excluding hydrogens is 254 g/mol. The van der Waals surface area contributed by atoms with Crippen molar-refractivity contribution in [1.82, 2.24) is 4.31 Å². The molecule has 0 aromatic carbocycles. The summed E-state index contributed by atoms with van der Waals surface area (Å²) in [5.41, 5.74) is -0.585. The molecule has 94 valence electrons. The first kappa shape index (κ1) is 12.3. The lowest BCUT2D eigenvalue weighted by atomic mass is 10.3. The molecule has 0 spiro atoms. The molecule has 2 fully saturated rings. The molecule has 8 heteroatoms. The van der Waals surface area contributed by atoms with Gasteiger partial charge >= 0.3 is 0 Å². The van der Waals surface area contributed by atoms with Gasteiger partial charge < -0.3 is 0 Å². The Labute approximate surface area is 95.8 Å². The van der Waals surface area contributed by atoms with Gasteiger partial charge in [0, 0.05) is 6.54 Å². The first-order valence-corrected chi connectivity index (χ1v) is 8.53. The van der Waals surface area contributed by atoms with E-state index in [4.69, 9.17) is 4.18 Å². The van der Waals surface area contributed by atoms with Gasteiger partial charge in [0.25, 0.3) is 10.1 Å². The normalized spacial score (nSPS) is 28.1. The molecule has 1 heterocycles. The maximum Gasteiger partial charge on any atom is 0.264 e. The molecule has 16 heavy (non-hydrogen) atoms. The third-order valence-corrected chi connectivity index (χ3v) is 5.59. The van der Waals surface area contributed by atoms with Crippen molar-refractivity contribution in [2.45, 2.75) is 24.8 Å². The fourth-order valence-electron chi connectivity index (χ4n) is 2.00. The second-order valence-electron chi connectivity index (χ2n) is 4.43. The van der Waals surface area contributed by atoms with Crippen LogP contribution in [0.5, 0.6) is 0 Å². The number of sulfonamides is 1. The Balaban J connectivity index is 2.09. The molecule has 1 saturated heterocycles. The van der Waals surface area contributed by atoms with E-state index in [0.717, 1.165) is 6.26 Å². The molecule has 0 bridgehead atoms. The third-order valence-electron chi connectivity index (χ3n) is 3.00. The van der Waals surface area contributed by atoms with E-state index in [9.17, 15) is 16.8 Å². The molecule has 1 saturated carbocycles. The van der Waals surface area contributed by atoms with Crippen molar-refractivity contribution >= 4 is 20.1 Å². The average Bonchev–Trinajstić information content (AvgIpc) is 2.82. The van der Waals surface area contributed by atoms with Crippen molar-refractivity contribution in [1.29, 1.82) is 0 Å². The van der Waals surface area contributed by atoms with Crippen molar-refractivity contribution in [2.24, 2.45) is 0 Å². The molecule has 2 rings (SSSR count). The van der Waals surface area contributed by atoms with Gasteiger partial charge in [-0.25, -0.2) is 8.42 Å². The molecule has 0 aromatic heterocycles. The zero-order valence-electron chi connectivity index (χ0n) is 9.05. The maximum atomic E-state index is 11.7. The summed E-state index contributed by atoms with van der Waals surface area (Å²) in [6, 6.07) is 0. The Hall–Kier alpha value is -0.180. The van der Waals surface area contributed by atoms with Crippen molar-refractivity contribution in [2.75, 3.05) is 25.2 Å². The molecule has 0 aromatic rings. The van der Waals surface area contributed by atoms with Crippen LogP contribution in [0.4, 0.5) is 0 Å². The molecule has 0 amide bonds. The van der Waals surface area contributed by atoms with E-state index >= 15 is 0 Å². The summed E-state index contributed by atoms with van der Waals surface area (Å²) in [5, 5.41) is 0. The van der Waals surface area contributed by atoms with E-state index in [1.165, 1.54) is 4.31 Å². The molecule has 1 aliphatic heterocycles. The standard InChI is InChI=1S/C8H15NO5S2/c1-15(10,11)14-7-8(3-4-8)9-5-2-6-16(9,12)13/h2-7H2,1H3. The van der Waals surface area contributed by atoms with Crippen LogP contribution < -0.4 is 0 Å². The molecular formula is C8H15NO5S2. The largest absolute Gasteiger partial charge is 0.268 e. The highest BCUT2D eigenvalue weighted by Crippen LogP contribution is 2.45. The molecule has 0 N–H and O–H groups in total. The van der Waals surface area contributed by atoms with Crippen LogP contribution in [0.1, 0.15) is 19.3 Å². The summed E-state index contributed by atoms with van der Waals surface area (Å²) in [7, 11) is -6.70.